The number of ether oxygens (including phenoxy) is 1. The zero-order valence-corrected chi connectivity index (χ0v) is 10.4. The highest BCUT2D eigenvalue weighted by Crippen LogP contribution is 2.41. The van der Waals surface area contributed by atoms with Gasteiger partial charge in [0.15, 0.2) is 0 Å². The number of aliphatic hydroxyl groups is 1. The molecule has 0 saturated heterocycles. The summed E-state index contributed by atoms with van der Waals surface area (Å²) in [4.78, 5) is 0. The number of rotatable bonds is 2. The van der Waals surface area contributed by atoms with Gasteiger partial charge in [-0.05, 0) is 37.3 Å². The Bertz CT molecular complexity index is 405. The van der Waals surface area contributed by atoms with E-state index in [-0.39, 0.29) is 5.82 Å². The SMILES string of the molecule is COc1ccc(C2(O)CCCC(C)C2)c(F)c1. The standard InChI is InChI=1S/C14H19FO2/c1-10-4-3-7-14(16,9-10)12-6-5-11(17-2)8-13(12)15/h5-6,8,10,16H,3-4,7,9H2,1-2H3. The molecule has 1 aliphatic carbocycles. The first-order valence-corrected chi connectivity index (χ1v) is 6.11. The Morgan fingerprint density at radius 2 is 2.24 bits per heavy atom. The molecular formula is C14H19FO2. The van der Waals surface area contributed by atoms with Crippen molar-refractivity contribution in [3.05, 3.63) is 29.6 Å². The van der Waals surface area contributed by atoms with Crippen molar-refractivity contribution in [2.75, 3.05) is 7.11 Å². The fourth-order valence-electron chi connectivity index (χ4n) is 2.77. The van der Waals surface area contributed by atoms with Crippen molar-refractivity contribution in [3.8, 4) is 5.75 Å². The molecule has 17 heavy (non-hydrogen) atoms. The largest absolute Gasteiger partial charge is 0.497 e. The van der Waals surface area contributed by atoms with E-state index in [4.69, 9.17) is 4.74 Å². The summed E-state index contributed by atoms with van der Waals surface area (Å²) in [5.41, 5.74) is -0.599. The minimum Gasteiger partial charge on any atom is -0.497 e. The first-order valence-electron chi connectivity index (χ1n) is 6.11. The van der Waals surface area contributed by atoms with Crippen molar-refractivity contribution in [1.29, 1.82) is 0 Å². The molecule has 0 aromatic heterocycles. The van der Waals surface area contributed by atoms with Gasteiger partial charge in [-0.3, -0.25) is 0 Å². The van der Waals surface area contributed by atoms with Crippen molar-refractivity contribution in [1.82, 2.24) is 0 Å². The summed E-state index contributed by atoms with van der Waals surface area (Å²) in [5.74, 6) is 0.551. The molecule has 2 rings (SSSR count). The summed E-state index contributed by atoms with van der Waals surface area (Å²) >= 11 is 0. The minimum absolute atomic E-state index is 0.374. The van der Waals surface area contributed by atoms with Gasteiger partial charge in [-0.2, -0.15) is 0 Å². The Balaban J connectivity index is 2.32. The van der Waals surface area contributed by atoms with Gasteiger partial charge in [0.1, 0.15) is 11.6 Å². The van der Waals surface area contributed by atoms with Crippen molar-refractivity contribution in [2.24, 2.45) is 5.92 Å². The fourth-order valence-corrected chi connectivity index (χ4v) is 2.77. The molecule has 1 aliphatic rings. The second kappa shape index (κ2) is 4.65. The lowest BCUT2D eigenvalue weighted by Crippen LogP contribution is -2.32. The van der Waals surface area contributed by atoms with Crippen LogP contribution in [0.5, 0.6) is 5.75 Å². The molecule has 0 aliphatic heterocycles. The summed E-state index contributed by atoms with van der Waals surface area (Å²) in [5, 5.41) is 10.6. The van der Waals surface area contributed by atoms with Crippen LogP contribution in [0.1, 0.15) is 38.2 Å². The normalized spacial score (nSPS) is 29.1. The van der Waals surface area contributed by atoms with E-state index in [9.17, 15) is 9.50 Å². The molecule has 1 saturated carbocycles. The fraction of sp³-hybridized carbons (Fsp3) is 0.571. The van der Waals surface area contributed by atoms with Crippen LogP contribution in [-0.2, 0) is 5.60 Å². The molecule has 3 heteroatoms. The van der Waals surface area contributed by atoms with E-state index in [1.807, 2.05) is 0 Å². The maximum Gasteiger partial charge on any atom is 0.132 e. The zero-order valence-electron chi connectivity index (χ0n) is 10.4. The smallest absolute Gasteiger partial charge is 0.132 e. The Morgan fingerprint density at radius 3 is 2.82 bits per heavy atom. The predicted molar refractivity (Wildman–Crippen MR) is 64.5 cm³/mol. The van der Waals surface area contributed by atoms with Crippen LogP contribution in [0.3, 0.4) is 0 Å². The van der Waals surface area contributed by atoms with E-state index >= 15 is 0 Å². The van der Waals surface area contributed by atoms with Crippen LogP contribution in [0.25, 0.3) is 0 Å². The maximum atomic E-state index is 14.0. The van der Waals surface area contributed by atoms with E-state index in [0.717, 1.165) is 12.8 Å². The topological polar surface area (TPSA) is 29.5 Å². The highest BCUT2D eigenvalue weighted by molar-refractivity contribution is 5.32. The molecule has 1 aromatic rings. The number of benzene rings is 1. The second-order valence-corrected chi connectivity index (χ2v) is 5.08. The van der Waals surface area contributed by atoms with Crippen molar-refractivity contribution >= 4 is 0 Å². The molecule has 0 amide bonds. The number of halogens is 1. The third-order valence-corrected chi connectivity index (χ3v) is 3.65. The Kier molecular flexibility index (Phi) is 3.38. The van der Waals surface area contributed by atoms with Crippen molar-refractivity contribution in [3.63, 3.8) is 0 Å². The highest BCUT2D eigenvalue weighted by Gasteiger charge is 2.36. The molecule has 0 heterocycles. The zero-order chi connectivity index (χ0) is 12.5. The van der Waals surface area contributed by atoms with Crippen LogP contribution < -0.4 is 4.74 Å². The molecule has 1 N–H and O–H groups in total. The van der Waals surface area contributed by atoms with Gasteiger partial charge >= 0.3 is 0 Å². The van der Waals surface area contributed by atoms with E-state index < -0.39 is 5.60 Å². The van der Waals surface area contributed by atoms with Gasteiger partial charge in [-0.1, -0.05) is 13.3 Å². The lowest BCUT2D eigenvalue weighted by atomic mass is 9.75. The third kappa shape index (κ3) is 2.44. The summed E-state index contributed by atoms with van der Waals surface area (Å²) in [6.45, 7) is 2.10. The molecule has 0 radical (unpaired) electrons. The van der Waals surface area contributed by atoms with E-state index in [1.165, 1.54) is 13.2 Å². The van der Waals surface area contributed by atoms with Gasteiger partial charge in [0.05, 0.1) is 12.7 Å². The van der Waals surface area contributed by atoms with Crippen LogP contribution in [-0.4, -0.2) is 12.2 Å². The molecule has 2 unspecified atom stereocenters. The molecule has 0 spiro atoms. The molecule has 2 atom stereocenters. The van der Waals surface area contributed by atoms with Gasteiger partial charge in [0.25, 0.3) is 0 Å². The quantitative estimate of drug-likeness (QED) is 0.857. The maximum absolute atomic E-state index is 14.0. The van der Waals surface area contributed by atoms with E-state index in [1.54, 1.807) is 12.1 Å². The van der Waals surface area contributed by atoms with Gasteiger partial charge in [0, 0.05) is 11.6 Å². The van der Waals surface area contributed by atoms with Crippen LogP contribution >= 0.6 is 0 Å². The van der Waals surface area contributed by atoms with E-state index in [0.29, 0.717) is 30.1 Å². The average Bonchev–Trinajstić information content (AvgIpc) is 2.28. The third-order valence-electron chi connectivity index (χ3n) is 3.65. The Labute approximate surface area is 101 Å². The van der Waals surface area contributed by atoms with Crippen LogP contribution in [0.2, 0.25) is 0 Å². The Morgan fingerprint density at radius 1 is 1.47 bits per heavy atom. The highest BCUT2D eigenvalue weighted by atomic mass is 19.1. The molecule has 1 aromatic carbocycles. The van der Waals surface area contributed by atoms with E-state index in [2.05, 4.69) is 6.92 Å². The Hall–Kier alpha value is -1.09. The van der Waals surface area contributed by atoms with Crippen molar-refractivity contribution in [2.45, 2.75) is 38.2 Å². The first-order chi connectivity index (χ1) is 8.05. The van der Waals surface area contributed by atoms with Crippen LogP contribution in [0.4, 0.5) is 4.39 Å². The van der Waals surface area contributed by atoms with Crippen LogP contribution in [0, 0.1) is 11.7 Å². The summed E-state index contributed by atoms with van der Waals surface area (Å²) in [6.07, 6.45) is 3.33. The molecule has 1 fully saturated rings. The summed E-state index contributed by atoms with van der Waals surface area (Å²) in [6, 6.07) is 4.69. The first kappa shape index (κ1) is 12.4. The van der Waals surface area contributed by atoms with Crippen LogP contribution in [0.15, 0.2) is 18.2 Å². The number of hydrogen-bond donors (Lipinski definition) is 1. The minimum atomic E-state index is -1.01. The van der Waals surface area contributed by atoms with Crippen molar-refractivity contribution < 1.29 is 14.2 Å². The summed E-state index contributed by atoms with van der Waals surface area (Å²) < 4.78 is 18.9. The second-order valence-electron chi connectivity index (χ2n) is 5.08. The molecule has 94 valence electrons. The number of hydrogen-bond acceptors (Lipinski definition) is 2. The molecule has 0 bridgehead atoms. The number of methoxy groups -OCH3 is 1. The lowest BCUT2D eigenvalue weighted by Gasteiger charge is -2.36. The van der Waals surface area contributed by atoms with Gasteiger partial charge in [0.2, 0.25) is 0 Å². The van der Waals surface area contributed by atoms with Gasteiger partial charge < -0.3 is 9.84 Å². The monoisotopic (exact) mass is 238 g/mol. The molecular weight excluding hydrogens is 219 g/mol. The summed E-state index contributed by atoms with van der Waals surface area (Å²) in [7, 11) is 1.51. The van der Waals surface area contributed by atoms with Gasteiger partial charge in [-0.25, -0.2) is 4.39 Å². The molecule has 2 nitrogen and oxygen atoms in total. The van der Waals surface area contributed by atoms with Gasteiger partial charge in [-0.15, -0.1) is 0 Å². The average molecular weight is 238 g/mol. The predicted octanol–water partition coefficient (Wildman–Crippen LogP) is 3.23. The lowest BCUT2D eigenvalue weighted by molar-refractivity contribution is -0.0207.